The van der Waals surface area contributed by atoms with Crippen molar-refractivity contribution in [2.75, 3.05) is 0 Å². The van der Waals surface area contributed by atoms with E-state index in [1.54, 1.807) is 4.40 Å². The lowest BCUT2D eigenvalue weighted by molar-refractivity contribution is 1.19. The van der Waals surface area contributed by atoms with Gasteiger partial charge in [-0.3, -0.25) is 27.6 Å². The molecule has 24 rings (SSSR count). The lowest BCUT2D eigenvalue weighted by Gasteiger charge is -2.12. The molecule has 0 aliphatic heterocycles. The van der Waals surface area contributed by atoms with Crippen LogP contribution in [0.2, 0.25) is 0 Å². The van der Waals surface area contributed by atoms with E-state index in [-0.39, 0.29) is 16.7 Å². The van der Waals surface area contributed by atoms with Crippen LogP contribution in [0, 0.1) is 0 Å². The first-order valence-corrected chi connectivity index (χ1v) is 39.4. The lowest BCUT2D eigenvalue weighted by Crippen LogP contribution is -2.13. The van der Waals surface area contributed by atoms with E-state index >= 15 is 0 Å². The number of nitrogens with zero attached hydrogens (tertiary/aromatic N) is 6. The van der Waals surface area contributed by atoms with Gasteiger partial charge in [0.2, 0.25) is 0 Å². The second-order valence-corrected chi connectivity index (χ2v) is 29.8. The van der Waals surface area contributed by atoms with Gasteiger partial charge in [0, 0.05) is 70.7 Å². The van der Waals surface area contributed by atoms with Crippen LogP contribution < -0.4 is 16.7 Å². The summed E-state index contributed by atoms with van der Waals surface area (Å²) in [6.45, 7) is 0. The summed E-state index contributed by atoms with van der Waals surface area (Å²) >= 11 is 0. The van der Waals surface area contributed by atoms with Crippen LogP contribution in [-0.4, -0.2) is 28.2 Å². The van der Waals surface area contributed by atoms with Gasteiger partial charge in [0.05, 0.1) is 33.1 Å². The lowest BCUT2D eigenvalue weighted by atomic mass is 9.93. The summed E-state index contributed by atoms with van der Waals surface area (Å²) in [7, 11) is 0. The highest BCUT2D eigenvalue weighted by molar-refractivity contribution is 6.23. The molecule has 0 N–H and O–H groups in total. The van der Waals surface area contributed by atoms with Crippen molar-refractivity contribution in [3.63, 3.8) is 0 Å². The van der Waals surface area contributed by atoms with Gasteiger partial charge in [-0.25, -0.2) is 15.0 Å². The standard InChI is InChI=1S/3C36H22N2O/c39-36-31-18-10-17-29-26(23-11-4-1-5-12-23)19-22-30(32(29)31)35-37-33-27(24-13-6-2-7-14-24)20-21-28(34(33)38(35)36)25-15-8-3-9-16-25;39-36-31-22-19-26(23-11-4-1-5-12-23)29-17-10-18-30(32(29)31)35-37-33-27(24-13-6-2-7-14-24)20-21-28(34(33)38(35)36)25-15-8-3-9-16-25;39-36-29-20-19-26(23-11-4-1-5-12-23)27-17-10-18-28(34(27)29)35-37-32-21-30(24-13-6-2-7-14-24)31(22-33(32)38(35)36)25-15-8-3-9-16-25/h3*1-22H. The normalized spacial score (nSPS) is 11.7. The maximum atomic E-state index is 14.4. The molecular formula is C108H66N6O3. The molecule has 6 aromatic heterocycles. The predicted molar refractivity (Wildman–Crippen MR) is 484 cm³/mol. The van der Waals surface area contributed by atoms with E-state index < -0.39 is 0 Å². The smallest absolute Gasteiger partial charge is 0.264 e. The summed E-state index contributed by atoms with van der Waals surface area (Å²) in [5.41, 5.74) is 26.4. The summed E-state index contributed by atoms with van der Waals surface area (Å²) in [5, 5.41) is 11.2. The van der Waals surface area contributed by atoms with Gasteiger partial charge in [-0.05, 0) is 130 Å². The number of hydrogen-bond donors (Lipinski definition) is 0. The molecule has 117 heavy (non-hydrogen) atoms. The van der Waals surface area contributed by atoms with Crippen LogP contribution in [0.3, 0.4) is 0 Å². The number of hydrogen-bond acceptors (Lipinski definition) is 6. The second-order valence-electron chi connectivity index (χ2n) is 29.8. The Morgan fingerprint density at radius 3 is 0.769 bits per heavy atom. The summed E-state index contributed by atoms with van der Waals surface area (Å²) in [6.07, 6.45) is 0. The first-order chi connectivity index (χ1) is 57.9. The van der Waals surface area contributed by atoms with Crippen LogP contribution in [0.25, 0.3) is 215 Å². The molecule has 0 aliphatic rings. The van der Waals surface area contributed by atoms with Gasteiger partial charge in [-0.2, -0.15) is 0 Å². The minimum absolute atomic E-state index is 0.0396. The fourth-order valence-electron chi connectivity index (χ4n) is 18.0. The van der Waals surface area contributed by atoms with Gasteiger partial charge in [-0.1, -0.05) is 364 Å². The molecule has 24 aromatic rings. The van der Waals surface area contributed by atoms with E-state index in [1.165, 1.54) is 0 Å². The Hall–Kier alpha value is -15.8. The number of benzene rings is 18. The van der Waals surface area contributed by atoms with Crippen LogP contribution in [0.1, 0.15) is 0 Å². The predicted octanol–water partition coefficient (Wildman–Crippen LogP) is 25.8. The maximum absolute atomic E-state index is 14.4. The SMILES string of the molecule is O=c1c2ccc(-c3ccccc3)c3cccc(c32)c2nc3c(-c4ccccc4)ccc(-c4ccccc4)c3n12.O=c1c2ccc(-c3ccccc3)c3cccc(c32)c2nc3cc(-c4ccccc4)c(-c4ccccc4)cc3n12.O=c1c2cccc3c(-c4ccccc4)ccc(c32)c2nc3c(-c4ccccc4)ccc(-c4ccccc4)c3n12. The zero-order valence-electron chi connectivity index (χ0n) is 63.0. The number of fused-ring (bicyclic) bond motifs is 12. The molecule has 0 fully saturated rings. The number of rotatable bonds is 9. The highest BCUT2D eigenvalue weighted by atomic mass is 16.1. The molecule has 18 aromatic carbocycles. The Bertz CT molecular complexity index is 7920. The molecule has 9 heteroatoms. The van der Waals surface area contributed by atoms with Crippen molar-refractivity contribution in [3.05, 3.63) is 431 Å². The third kappa shape index (κ3) is 11.1. The molecule has 0 amide bonds. The van der Waals surface area contributed by atoms with Crippen LogP contribution in [-0.2, 0) is 0 Å². The van der Waals surface area contributed by atoms with Gasteiger partial charge in [0.15, 0.2) is 0 Å². The Morgan fingerprint density at radius 1 is 0.179 bits per heavy atom. The maximum Gasteiger partial charge on any atom is 0.264 e. The van der Waals surface area contributed by atoms with Crippen molar-refractivity contribution >= 4 is 115 Å². The molecule has 0 spiro atoms. The van der Waals surface area contributed by atoms with E-state index in [1.807, 2.05) is 185 Å². The van der Waals surface area contributed by atoms with Crippen molar-refractivity contribution in [1.29, 1.82) is 0 Å². The van der Waals surface area contributed by atoms with E-state index in [2.05, 4.69) is 224 Å². The Labute approximate surface area is 670 Å². The number of imidazole rings is 3. The minimum Gasteiger partial charge on any atom is -0.268 e. The van der Waals surface area contributed by atoms with Gasteiger partial charge in [0.25, 0.3) is 16.7 Å². The summed E-state index contributed by atoms with van der Waals surface area (Å²) in [6, 6.07) is 137. The Morgan fingerprint density at radius 2 is 0.419 bits per heavy atom. The highest BCUT2D eigenvalue weighted by Crippen LogP contribution is 2.45. The molecule has 0 radical (unpaired) electrons. The first kappa shape index (κ1) is 68.0. The fourth-order valence-corrected chi connectivity index (χ4v) is 18.0. The zero-order chi connectivity index (χ0) is 77.8. The van der Waals surface area contributed by atoms with Crippen molar-refractivity contribution in [2.24, 2.45) is 0 Å². The van der Waals surface area contributed by atoms with Crippen molar-refractivity contribution in [3.8, 4) is 100 Å². The highest BCUT2D eigenvalue weighted by Gasteiger charge is 2.27. The van der Waals surface area contributed by atoms with Crippen LogP contribution >= 0.6 is 0 Å². The molecule has 0 unspecified atom stereocenters. The summed E-state index contributed by atoms with van der Waals surface area (Å²) < 4.78 is 5.47. The van der Waals surface area contributed by atoms with Crippen LogP contribution in [0.4, 0.5) is 0 Å². The monoisotopic (exact) mass is 1490 g/mol. The first-order valence-electron chi connectivity index (χ1n) is 39.4. The molecule has 0 saturated heterocycles. The third-order valence-corrected chi connectivity index (χ3v) is 23.3. The molecule has 0 bridgehead atoms. The topological polar surface area (TPSA) is 103 Å². The summed E-state index contributed by atoms with van der Waals surface area (Å²) in [5.74, 6) is 0. The fraction of sp³-hybridized carbons (Fsp3) is 0. The molecule has 0 aliphatic carbocycles. The van der Waals surface area contributed by atoms with Gasteiger partial charge in [-0.15, -0.1) is 0 Å². The molecular weight excluding hydrogens is 1430 g/mol. The summed E-state index contributed by atoms with van der Waals surface area (Å²) in [4.78, 5) is 58.4. The average molecular weight is 1500 g/mol. The molecule has 0 atom stereocenters. The average Bonchev–Trinajstić information content (AvgIpc) is 1.62. The van der Waals surface area contributed by atoms with Gasteiger partial charge >= 0.3 is 0 Å². The minimum atomic E-state index is -0.0433. The largest absolute Gasteiger partial charge is 0.268 e. The van der Waals surface area contributed by atoms with Crippen molar-refractivity contribution in [1.82, 2.24) is 28.2 Å². The van der Waals surface area contributed by atoms with E-state index in [0.29, 0.717) is 33.1 Å². The Kier molecular flexibility index (Phi) is 16.2. The van der Waals surface area contributed by atoms with Gasteiger partial charge in [0.1, 0.15) is 16.9 Å². The molecule has 9 nitrogen and oxygen atoms in total. The van der Waals surface area contributed by atoms with E-state index in [0.717, 1.165) is 182 Å². The number of aromatic nitrogens is 6. The number of pyridine rings is 3. The zero-order valence-corrected chi connectivity index (χ0v) is 63.0. The van der Waals surface area contributed by atoms with E-state index in [4.69, 9.17) is 15.0 Å². The van der Waals surface area contributed by atoms with Crippen LogP contribution in [0.5, 0.6) is 0 Å². The van der Waals surface area contributed by atoms with Gasteiger partial charge < -0.3 is 0 Å². The molecule has 0 saturated carbocycles. The van der Waals surface area contributed by atoms with Crippen molar-refractivity contribution < 1.29 is 0 Å². The second kappa shape index (κ2) is 27.8. The van der Waals surface area contributed by atoms with Crippen molar-refractivity contribution in [2.45, 2.75) is 0 Å². The molecule has 6 heterocycles. The molecule has 546 valence electrons. The third-order valence-electron chi connectivity index (χ3n) is 23.3. The van der Waals surface area contributed by atoms with Crippen LogP contribution in [0.15, 0.2) is 415 Å². The Balaban J connectivity index is 0.000000106. The van der Waals surface area contributed by atoms with E-state index in [9.17, 15) is 14.4 Å². The quantitative estimate of drug-likeness (QED) is 0.143.